The fourth-order valence-corrected chi connectivity index (χ4v) is 3.46. The van der Waals surface area contributed by atoms with Crippen LogP contribution in [0.1, 0.15) is 0 Å². The van der Waals surface area contributed by atoms with E-state index in [-0.39, 0.29) is 5.69 Å². The van der Waals surface area contributed by atoms with Gasteiger partial charge in [0.05, 0.1) is 46.1 Å². The van der Waals surface area contributed by atoms with E-state index in [9.17, 15) is 13.2 Å². The highest BCUT2D eigenvalue weighted by Crippen LogP contribution is 2.33. The lowest BCUT2D eigenvalue weighted by Gasteiger charge is -2.23. The summed E-state index contributed by atoms with van der Waals surface area (Å²) in [6.07, 6.45) is 1.02. The Kier molecular flexibility index (Phi) is 7.16. The molecule has 0 atom stereocenters. The summed E-state index contributed by atoms with van der Waals surface area (Å²) in [5.41, 5.74) is 0.621. The third kappa shape index (κ3) is 5.44. The highest BCUT2D eigenvalue weighted by Gasteiger charge is 2.23. The molecule has 2 aromatic rings. The number of methoxy groups -OCH3 is 4. The normalized spacial score (nSPS) is 10.8. The Morgan fingerprint density at radius 2 is 1.52 bits per heavy atom. The summed E-state index contributed by atoms with van der Waals surface area (Å²) in [5, 5.41) is 2.65. The van der Waals surface area contributed by atoms with Crippen molar-refractivity contribution in [1.29, 1.82) is 0 Å². The Hall–Kier alpha value is -3.14. The second kappa shape index (κ2) is 9.37. The first-order chi connectivity index (χ1) is 13.7. The predicted molar refractivity (Wildman–Crippen MR) is 110 cm³/mol. The van der Waals surface area contributed by atoms with Crippen molar-refractivity contribution in [2.75, 3.05) is 50.9 Å². The van der Waals surface area contributed by atoms with Crippen LogP contribution in [0.25, 0.3) is 0 Å². The fraction of sp³-hybridized carbons (Fsp3) is 0.316. The molecule has 0 aliphatic carbocycles. The summed E-state index contributed by atoms with van der Waals surface area (Å²) < 4.78 is 46.4. The lowest BCUT2D eigenvalue weighted by atomic mass is 10.2. The first-order valence-corrected chi connectivity index (χ1v) is 10.3. The van der Waals surface area contributed by atoms with E-state index in [1.807, 2.05) is 0 Å². The van der Waals surface area contributed by atoms with Crippen molar-refractivity contribution in [3.05, 3.63) is 36.4 Å². The van der Waals surface area contributed by atoms with E-state index in [0.717, 1.165) is 10.6 Å². The molecule has 0 bridgehead atoms. The number of nitrogens with one attached hydrogen (secondary N) is 1. The highest BCUT2D eigenvalue weighted by molar-refractivity contribution is 7.92. The molecule has 0 aromatic heterocycles. The minimum atomic E-state index is -3.76. The number of hydrogen-bond acceptors (Lipinski definition) is 7. The molecule has 0 aliphatic rings. The number of carbonyl (C=O) groups excluding carboxylic acids is 1. The number of benzene rings is 2. The molecule has 0 fully saturated rings. The Morgan fingerprint density at radius 1 is 0.897 bits per heavy atom. The van der Waals surface area contributed by atoms with E-state index >= 15 is 0 Å². The number of rotatable bonds is 9. The van der Waals surface area contributed by atoms with Crippen LogP contribution in [-0.4, -0.2) is 55.6 Å². The lowest BCUT2D eigenvalue weighted by Crippen LogP contribution is -2.37. The van der Waals surface area contributed by atoms with Crippen LogP contribution in [0.3, 0.4) is 0 Å². The number of sulfonamides is 1. The summed E-state index contributed by atoms with van der Waals surface area (Å²) >= 11 is 0. The van der Waals surface area contributed by atoms with Gasteiger partial charge in [-0.3, -0.25) is 9.10 Å². The molecule has 9 nitrogen and oxygen atoms in total. The molecule has 1 N–H and O–H groups in total. The minimum Gasteiger partial charge on any atom is -0.497 e. The molecule has 0 radical (unpaired) electrons. The number of hydrogen-bond donors (Lipinski definition) is 1. The van der Waals surface area contributed by atoms with Crippen molar-refractivity contribution in [3.8, 4) is 23.0 Å². The van der Waals surface area contributed by atoms with Crippen LogP contribution in [-0.2, 0) is 14.8 Å². The fourth-order valence-electron chi connectivity index (χ4n) is 2.61. The zero-order valence-electron chi connectivity index (χ0n) is 16.9. The molecule has 29 heavy (non-hydrogen) atoms. The van der Waals surface area contributed by atoms with Gasteiger partial charge in [-0.1, -0.05) is 0 Å². The second-order valence-corrected chi connectivity index (χ2v) is 7.83. The largest absolute Gasteiger partial charge is 0.497 e. The molecule has 0 unspecified atom stereocenters. The summed E-state index contributed by atoms with van der Waals surface area (Å²) in [7, 11) is 2.11. The molecular formula is C19H24N2O7S. The molecule has 2 rings (SSSR count). The van der Waals surface area contributed by atoms with Crippen LogP contribution in [0.4, 0.5) is 11.4 Å². The number of nitrogens with zero attached hydrogens (tertiary/aromatic N) is 1. The van der Waals surface area contributed by atoms with Gasteiger partial charge >= 0.3 is 0 Å². The molecule has 0 saturated carbocycles. The Balaban J connectivity index is 2.31. The summed E-state index contributed by atoms with van der Waals surface area (Å²) in [6, 6.07) is 9.48. The van der Waals surface area contributed by atoms with Crippen molar-refractivity contribution >= 4 is 27.3 Å². The minimum absolute atomic E-state index is 0.262. The Bertz CT molecular complexity index is 977. The van der Waals surface area contributed by atoms with Gasteiger partial charge in [0.2, 0.25) is 15.9 Å². The quantitative estimate of drug-likeness (QED) is 0.658. The molecule has 2 aromatic carbocycles. The lowest BCUT2D eigenvalue weighted by molar-refractivity contribution is -0.114. The van der Waals surface area contributed by atoms with Crippen LogP contribution >= 0.6 is 0 Å². The maximum Gasteiger partial charge on any atom is 0.245 e. The standard InChI is InChI=1S/C19H24N2O7S/c1-25-14-7-9-16(26-2)15(11-14)20-19(22)12-21(29(5,23)24)13-6-8-17(27-3)18(10-13)28-4/h6-11H,12H2,1-5H3,(H,20,22). The topological polar surface area (TPSA) is 103 Å². The maximum atomic E-state index is 12.6. The predicted octanol–water partition coefficient (Wildman–Crippen LogP) is 2.13. The van der Waals surface area contributed by atoms with E-state index in [1.165, 1.54) is 40.6 Å². The highest BCUT2D eigenvalue weighted by atomic mass is 32.2. The summed E-state index contributed by atoms with van der Waals surface area (Å²) in [6.45, 7) is -0.450. The first kappa shape index (κ1) is 22.2. The van der Waals surface area contributed by atoms with Gasteiger partial charge in [-0.05, 0) is 24.3 Å². The van der Waals surface area contributed by atoms with Gasteiger partial charge < -0.3 is 24.3 Å². The van der Waals surface area contributed by atoms with Gasteiger partial charge in [0.15, 0.2) is 11.5 Å². The van der Waals surface area contributed by atoms with E-state index in [2.05, 4.69) is 5.32 Å². The van der Waals surface area contributed by atoms with Gasteiger partial charge in [0.1, 0.15) is 18.0 Å². The molecule has 0 aliphatic heterocycles. The molecule has 0 heterocycles. The number of anilines is 2. The SMILES string of the molecule is COc1ccc(OC)c(NC(=O)CN(c2ccc(OC)c(OC)c2)S(C)(=O)=O)c1. The van der Waals surface area contributed by atoms with Crippen LogP contribution < -0.4 is 28.6 Å². The zero-order valence-corrected chi connectivity index (χ0v) is 17.7. The van der Waals surface area contributed by atoms with Crippen LogP contribution in [0, 0.1) is 0 Å². The van der Waals surface area contributed by atoms with Crippen molar-refractivity contribution in [2.45, 2.75) is 0 Å². The van der Waals surface area contributed by atoms with E-state index < -0.39 is 22.5 Å². The average Bonchev–Trinajstić information content (AvgIpc) is 2.70. The molecule has 0 saturated heterocycles. The van der Waals surface area contributed by atoms with Crippen LogP contribution in [0.5, 0.6) is 23.0 Å². The molecule has 10 heteroatoms. The third-order valence-corrected chi connectivity index (χ3v) is 5.16. The van der Waals surface area contributed by atoms with Gasteiger partial charge in [0, 0.05) is 12.1 Å². The Labute approximate surface area is 170 Å². The number of carbonyl (C=O) groups is 1. The molecule has 158 valence electrons. The third-order valence-electron chi connectivity index (χ3n) is 4.02. The maximum absolute atomic E-state index is 12.6. The molecule has 1 amide bonds. The average molecular weight is 424 g/mol. The van der Waals surface area contributed by atoms with Crippen molar-refractivity contribution in [3.63, 3.8) is 0 Å². The number of amides is 1. The van der Waals surface area contributed by atoms with E-state index in [4.69, 9.17) is 18.9 Å². The summed E-state index contributed by atoms with van der Waals surface area (Å²) in [5.74, 6) is 1.15. The van der Waals surface area contributed by atoms with Crippen LogP contribution in [0.15, 0.2) is 36.4 Å². The zero-order chi connectivity index (χ0) is 21.6. The van der Waals surface area contributed by atoms with Crippen molar-refractivity contribution < 1.29 is 32.2 Å². The van der Waals surface area contributed by atoms with E-state index in [0.29, 0.717) is 28.7 Å². The van der Waals surface area contributed by atoms with Gasteiger partial charge in [-0.25, -0.2) is 8.42 Å². The van der Waals surface area contributed by atoms with Gasteiger partial charge in [-0.2, -0.15) is 0 Å². The van der Waals surface area contributed by atoms with E-state index in [1.54, 1.807) is 24.3 Å². The van der Waals surface area contributed by atoms with Crippen LogP contribution in [0.2, 0.25) is 0 Å². The molecular weight excluding hydrogens is 400 g/mol. The van der Waals surface area contributed by atoms with Crippen molar-refractivity contribution in [2.24, 2.45) is 0 Å². The van der Waals surface area contributed by atoms with Gasteiger partial charge in [-0.15, -0.1) is 0 Å². The number of ether oxygens (including phenoxy) is 4. The Morgan fingerprint density at radius 3 is 2.07 bits per heavy atom. The van der Waals surface area contributed by atoms with Crippen molar-refractivity contribution in [1.82, 2.24) is 0 Å². The molecule has 0 spiro atoms. The monoisotopic (exact) mass is 424 g/mol. The first-order valence-electron chi connectivity index (χ1n) is 8.45. The summed E-state index contributed by atoms with van der Waals surface area (Å²) in [4.78, 5) is 12.6. The van der Waals surface area contributed by atoms with Gasteiger partial charge in [0.25, 0.3) is 0 Å². The smallest absolute Gasteiger partial charge is 0.245 e. The second-order valence-electron chi connectivity index (χ2n) is 5.92.